The Bertz CT molecular complexity index is 1180. The van der Waals surface area contributed by atoms with Gasteiger partial charge in [-0.2, -0.15) is 0 Å². The number of terminal acetylenes is 1. The Labute approximate surface area is 202 Å². The van der Waals surface area contributed by atoms with Crippen LogP contribution in [0.2, 0.25) is 0 Å². The molecule has 0 aliphatic carbocycles. The molecule has 2 aromatic rings. The molecular weight excluding hydrogens is 515 g/mol. The molecule has 1 heterocycles. The van der Waals surface area contributed by atoms with Crippen molar-refractivity contribution in [3.8, 4) is 23.8 Å². The topological polar surface area (TPSA) is 84.9 Å². The van der Waals surface area contributed by atoms with E-state index in [0.717, 1.165) is 11.0 Å². The molecule has 10 heteroatoms. The van der Waals surface area contributed by atoms with Gasteiger partial charge in [0, 0.05) is 10.2 Å². The highest BCUT2D eigenvalue weighted by Crippen LogP contribution is 2.38. The Balaban J connectivity index is 1.78. The largest absolute Gasteiger partial charge is 0.490 e. The maximum absolute atomic E-state index is 13.3. The summed E-state index contributed by atoms with van der Waals surface area (Å²) in [6.45, 7) is 1.75. The van der Waals surface area contributed by atoms with Gasteiger partial charge in [0.05, 0.1) is 11.5 Å². The Kier molecular flexibility index (Phi) is 8.14. The molecule has 1 saturated heterocycles. The number of thioether (sulfide) groups is 1. The third-order valence-electron chi connectivity index (χ3n) is 4.24. The first-order valence-corrected chi connectivity index (χ1v) is 11.3. The summed E-state index contributed by atoms with van der Waals surface area (Å²) in [4.78, 5) is 38.4. The zero-order chi connectivity index (χ0) is 24.0. The molecule has 0 bridgehead atoms. The number of carbonyl (C=O) groups excluding carboxylic acids is 3. The van der Waals surface area contributed by atoms with Crippen molar-refractivity contribution < 1.29 is 28.2 Å². The third kappa shape index (κ3) is 6.15. The summed E-state index contributed by atoms with van der Waals surface area (Å²) in [7, 11) is 0. The molecule has 1 fully saturated rings. The van der Waals surface area contributed by atoms with Gasteiger partial charge in [0.25, 0.3) is 11.1 Å². The van der Waals surface area contributed by atoms with Crippen molar-refractivity contribution in [3.63, 3.8) is 0 Å². The van der Waals surface area contributed by atoms with Gasteiger partial charge in [0.15, 0.2) is 11.5 Å². The summed E-state index contributed by atoms with van der Waals surface area (Å²) in [6, 6.07) is 8.62. The van der Waals surface area contributed by atoms with Crippen molar-refractivity contribution in [1.82, 2.24) is 4.90 Å². The van der Waals surface area contributed by atoms with Gasteiger partial charge in [0.2, 0.25) is 5.91 Å². The number of hydrogen-bond donors (Lipinski definition) is 1. The van der Waals surface area contributed by atoms with Crippen molar-refractivity contribution >= 4 is 56.5 Å². The van der Waals surface area contributed by atoms with Gasteiger partial charge in [-0.1, -0.05) is 27.9 Å². The maximum atomic E-state index is 13.3. The molecular formula is C23H18BrFN2O5S. The van der Waals surface area contributed by atoms with Crippen LogP contribution in [0.5, 0.6) is 11.5 Å². The minimum Gasteiger partial charge on any atom is -0.490 e. The normalized spacial score (nSPS) is 14.4. The fourth-order valence-corrected chi connectivity index (χ4v) is 4.12. The Morgan fingerprint density at radius 1 is 1.27 bits per heavy atom. The van der Waals surface area contributed by atoms with Crippen LogP contribution >= 0.6 is 27.7 Å². The van der Waals surface area contributed by atoms with Gasteiger partial charge in [-0.3, -0.25) is 19.3 Å². The molecule has 0 saturated carbocycles. The van der Waals surface area contributed by atoms with Crippen LogP contribution in [-0.2, 0) is 9.59 Å². The first-order chi connectivity index (χ1) is 15.8. The van der Waals surface area contributed by atoms with Gasteiger partial charge in [-0.15, -0.1) is 6.42 Å². The van der Waals surface area contributed by atoms with Crippen molar-refractivity contribution in [1.29, 1.82) is 0 Å². The average molecular weight is 533 g/mol. The van der Waals surface area contributed by atoms with Gasteiger partial charge >= 0.3 is 0 Å². The van der Waals surface area contributed by atoms with E-state index in [-0.39, 0.29) is 17.2 Å². The van der Waals surface area contributed by atoms with Crippen LogP contribution in [0.25, 0.3) is 6.08 Å². The number of rotatable bonds is 8. The molecule has 0 aromatic heterocycles. The van der Waals surface area contributed by atoms with E-state index < -0.39 is 29.4 Å². The fourth-order valence-electron chi connectivity index (χ4n) is 2.85. The number of imide groups is 1. The molecule has 33 heavy (non-hydrogen) atoms. The molecule has 0 unspecified atom stereocenters. The van der Waals surface area contributed by atoms with Crippen LogP contribution in [0.3, 0.4) is 0 Å². The number of nitrogens with zero attached hydrogens (tertiary/aromatic N) is 1. The monoisotopic (exact) mass is 532 g/mol. The van der Waals surface area contributed by atoms with E-state index in [1.165, 1.54) is 24.3 Å². The summed E-state index contributed by atoms with van der Waals surface area (Å²) in [6.07, 6.45) is 6.76. The molecule has 0 atom stereocenters. The minimum atomic E-state index is -0.626. The lowest BCUT2D eigenvalue weighted by atomic mass is 10.2. The molecule has 7 nitrogen and oxygen atoms in total. The van der Waals surface area contributed by atoms with Crippen LogP contribution in [0.15, 0.2) is 45.8 Å². The van der Waals surface area contributed by atoms with E-state index in [1.807, 2.05) is 6.92 Å². The number of ether oxygens (including phenoxy) is 2. The Hall–Kier alpha value is -3.29. The molecule has 3 amide bonds. The standard InChI is InChI=1S/C23H18BrFN2O5S/c1-3-8-32-19-12-17(24)14(9-18(19)31-4-2)10-20-22(29)27(23(30)33-20)13-21(28)26-16-7-5-6-15(25)11-16/h1,5-7,9-12H,4,8,13H2,2H3,(H,26,28)/b20-10+. The van der Waals surface area contributed by atoms with Crippen LogP contribution < -0.4 is 14.8 Å². The third-order valence-corrected chi connectivity index (χ3v) is 5.84. The van der Waals surface area contributed by atoms with Crippen LogP contribution in [0.1, 0.15) is 12.5 Å². The Morgan fingerprint density at radius 3 is 2.73 bits per heavy atom. The smallest absolute Gasteiger partial charge is 0.294 e. The number of hydrogen-bond acceptors (Lipinski definition) is 6. The molecule has 0 radical (unpaired) electrons. The maximum Gasteiger partial charge on any atom is 0.294 e. The second-order valence-electron chi connectivity index (χ2n) is 6.57. The minimum absolute atomic E-state index is 0.0580. The van der Waals surface area contributed by atoms with Crippen molar-refractivity contribution in [2.45, 2.75) is 6.92 Å². The highest BCUT2D eigenvalue weighted by molar-refractivity contribution is 9.10. The van der Waals surface area contributed by atoms with Gasteiger partial charge in [0.1, 0.15) is 19.0 Å². The summed E-state index contributed by atoms with van der Waals surface area (Å²) in [5.41, 5.74) is 0.795. The lowest BCUT2D eigenvalue weighted by Crippen LogP contribution is -2.36. The van der Waals surface area contributed by atoms with E-state index >= 15 is 0 Å². The second-order valence-corrected chi connectivity index (χ2v) is 8.42. The lowest BCUT2D eigenvalue weighted by Gasteiger charge is -2.13. The predicted octanol–water partition coefficient (Wildman–Crippen LogP) is 4.67. The van der Waals surface area contributed by atoms with Crippen molar-refractivity contribution in [2.75, 3.05) is 25.1 Å². The number of nitrogens with one attached hydrogen (secondary N) is 1. The molecule has 3 rings (SSSR count). The number of benzene rings is 2. The summed E-state index contributed by atoms with van der Waals surface area (Å²) >= 11 is 4.13. The predicted molar refractivity (Wildman–Crippen MR) is 127 cm³/mol. The molecule has 1 aliphatic heterocycles. The molecule has 2 aromatic carbocycles. The fraction of sp³-hybridized carbons (Fsp3) is 0.174. The quantitative estimate of drug-likeness (QED) is 0.392. The highest BCUT2D eigenvalue weighted by Gasteiger charge is 2.36. The molecule has 170 valence electrons. The zero-order valence-electron chi connectivity index (χ0n) is 17.4. The number of halogens is 2. The van der Waals surface area contributed by atoms with Crippen LogP contribution in [0.4, 0.5) is 14.9 Å². The van der Waals surface area contributed by atoms with E-state index in [4.69, 9.17) is 15.9 Å². The Morgan fingerprint density at radius 2 is 2.03 bits per heavy atom. The first kappa shape index (κ1) is 24.4. The van der Waals surface area contributed by atoms with Gasteiger partial charge < -0.3 is 14.8 Å². The lowest BCUT2D eigenvalue weighted by molar-refractivity contribution is -0.127. The van der Waals surface area contributed by atoms with Crippen LogP contribution in [-0.4, -0.2) is 41.7 Å². The summed E-state index contributed by atoms with van der Waals surface area (Å²) in [5.74, 6) is 1.48. The van der Waals surface area contributed by atoms with E-state index in [2.05, 4.69) is 27.2 Å². The zero-order valence-corrected chi connectivity index (χ0v) is 19.8. The summed E-state index contributed by atoms with van der Waals surface area (Å²) < 4.78 is 25.0. The molecule has 1 N–H and O–H groups in total. The first-order valence-electron chi connectivity index (χ1n) is 9.65. The van der Waals surface area contributed by atoms with E-state index in [1.54, 1.807) is 12.1 Å². The molecule has 0 spiro atoms. The summed E-state index contributed by atoms with van der Waals surface area (Å²) in [5, 5.41) is 1.88. The molecule has 1 aliphatic rings. The van der Waals surface area contributed by atoms with Crippen molar-refractivity contribution in [3.05, 3.63) is 57.2 Å². The number of anilines is 1. The van der Waals surface area contributed by atoms with E-state index in [9.17, 15) is 18.8 Å². The van der Waals surface area contributed by atoms with E-state index in [0.29, 0.717) is 39.9 Å². The number of amides is 3. The average Bonchev–Trinajstić information content (AvgIpc) is 3.02. The second kappa shape index (κ2) is 11.0. The van der Waals surface area contributed by atoms with Crippen LogP contribution in [0, 0.1) is 18.2 Å². The van der Waals surface area contributed by atoms with Gasteiger partial charge in [-0.25, -0.2) is 4.39 Å². The SMILES string of the molecule is C#CCOc1cc(Br)c(/C=C2/SC(=O)N(CC(=O)Nc3cccc(F)c3)C2=O)cc1OCC. The van der Waals surface area contributed by atoms with Crippen molar-refractivity contribution in [2.24, 2.45) is 0 Å². The van der Waals surface area contributed by atoms with Gasteiger partial charge in [-0.05, 0) is 60.7 Å². The highest BCUT2D eigenvalue weighted by atomic mass is 79.9. The number of carbonyl (C=O) groups is 3.